The molecule has 3 rings (SSSR count). The summed E-state index contributed by atoms with van der Waals surface area (Å²) in [6.45, 7) is 3.86. The predicted molar refractivity (Wildman–Crippen MR) is 65.0 cm³/mol. The van der Waals surface area contributed by atoms with Crippen molar-refractivity contribution in [2.45, 2.75) is 26.2 Å². The zero-order chi connectivity index (χ0) is 11.7. The van der Waals surface area contributed by atoms with Crippen LogP contribution in [0.4, 0.5) is 0 Å². The zero-order valence-electron chi connectivity index (χ0n) is 10.1. The van der Waals surface area contributed by atoms with E-state index in [0.717, 1.165) is 43.9 Å². The molecule has 0 aromatic carbocycles. The van der Waals surface area contributed by atoms with E-state index >= 15 is 0 Å². The van der Waals surface area contributed by atoms with Crippen molar-refractivity contribution in [3.05, 3.63) is 29.7 Å². The Labute approximate surface area is 101 Å². The molecular formula is C13H17N3O. The first kappa shape index (κ1) is 10.7. The van der Waals surface area contributed by atoms with E-state index in [-0.39, 0.29) is 0 Å². The SMILES string of the molecule is Cc1ccn2c(CC3CCOCC3)nnc2c1. The van der Waals surface area contributed by atoms with E-state index in [1.807, 2.05) is 0 Å². The van der Waals surface area contributed by atoms with E-state index in [2.05, 4.69) is 39.9 Å². The molecule has 4 heteroatoms. The van der Waals surface area contributed by atoms with Crippen LogP contribution in [0.1, 0.15) is 24.2 Å². The second-order valence-electron chi connectivity index (χ2n) is 4.81. The third-order valence-corrected chi connectivity index (χ3v) is 3.45. The second-order valence-corrected chi connectivity index (χ2v) is 4.81. The fourth-order valence-electron chi connectivity index (χ4n) is 2.39. The lowest BCUT2D eigenvalue weighted by molar-refractivity contribution is 0.0659. The summed E-state index contributed by atoms with van der Waals surface area (Å²) in [7, 11) is 0. The van der Waals surface area contributed by atoms with Crippen LogP contribution in [0.5, 0.6) is 0 Å². The van der Waals surface area contributed by atoms with Crippen molar-refractivity contribution in [2.75, 3.05) is 13.2 Å². The first-order valence-corrected chi connectivity index (χ1v) is 6.21. The van der Waals surface area contributed by atoms with Crippen molar-refractivity contribution in [3.8, 4) is 0 Å². The van der Waals surface area contributed by atoms with E-state index in [1.165, 1.54) is 5.56 Å². The Kier molecular flexibility index (Phi) is 2.81. The lowest BCUT2D eigenvalue weighted by atomic mass is 9.96. The van der Waals surface area contributed by atoms with Gasteiger partial charge in [0.1, 0.15) is 5.82 Å². The van der Waals surface area contributed by atoms with Crippen molar-refractivity contribution in [2.24, 2.45) is 5.92 Å². The summed E-state index contributed by atoms with van der Waals surface area (Å²) in [6, 6.07) is 4.17. The fourth-order valence-corrected chi connectivity index (χ4v) is 2.39. The van der Waals surface area contributed by atoms with E-state index in [9.17, 15) is 0 Å². The summed E-state index contributed by atoms with van der Waals surface area (Å²) in [5.41, 5.74) is 2.18. The Hall–Kier alpha value is -1.42. The van der Waals surface area contributed by atoms with Crippen molar-refractivity contribution in [1.29, 1.82) is 0 Å². The molecule has 1 saturated heterocycles. The molecular weight excluding hydrogens is 214 g/mol. The Bertz CT molecular complexity index is 514. The molecule has 90 valence electrons. The quantitative estimate of drug-likeness (QED) is 0.793. The van der Waals surface area contributed by atoms with Crippen LogP contribution in [0.15, 0.2) is 18.3 Å². The van der Waals surface area contributed by atoms with Gasteiger partial charge in [-0.05, 0) is 43.4 Å². The highest BCUT2D eigenvalue weighted by Gasteiger charge is 2.17. The summed E-state index contributed by atoms with van der Waals surface area (Å²) >= 11 is 0. The van der Waals surface area contributed by atoms with Crippen LogP contribution in [0, 0.1) is 12.8 Å². The number of ether oxygens (including phenoxy) is 1. The minimum atomic E-state index is 0.692. The van der Waals surface area contributed by atoms with Crippen molar-refractivity contribution in [3.63, 3.8) is 0 Å². The van der Waals surface area contributed by atoms with Gasteiger partial charge in [-0.3, -0.25) is 4.40 Å². The maximum Gasteiger partial charge on any atom is 0.161 e. The van der Waals surface area contributed by atoms with Gasteiger partial charge in [-0.1, -0.05) is 0 Å². The Morgan fingerprint density at radius 2 is 2.18 bits per heavy atom. The topological polar surface area (TPSA) is 39.4 Å². The smallest absolute Gasteiger partial charge is 0.161 e. The number of rotatable bonds is 2. The molecule has 0 saturated carbocycles. The number of pyridine rings is 1. The zero-order valence-corrected chi connectivity index (χ0v) is 10.1. The van der Waals surface area contributed by atoms with Crippen LogP contribution in [-0.2, 0) is 11.2 Å². The third-order valence-electron chi connectivity index (χ3n) is 3.45. The highest BCUT2D eigenvalue weighted by Crippen LogP contribution is 2.19. The number of fused-ring (bicyclic) bond motifs is 1. The van der Waals surface area contributed by atoms with Gasteiger partial charge in [0.25, 0.3) is 0 Å². The molecule has 1 fully saturated rings. The summed E-state index contributed by atoms with van der Waals surface area (Å²) in [5.74, 6) is 1.77. The minimum Gasteiger partial charge on any atom is -0.381 e. The van der Waals surface area contributed by atoms with Gasteiger partial charge in [0.05, 0.1) is 0 Å². The highest BCUT2D eigenvalue weighted by atomic mass is 16.5. The maximum atomic E-state index is 5.38. The van der Waals surface area contributed by atoms with Gasteiger partial charge >= 0.3 is 0 Å². The molecule has 1 aliphatic heterocycles. The average Bonchev–Trinajstić information content (AvgIpc) is 2.73. The number of aryl methyl sites for hydroxylation is 1. The third kappa shape index (κ3) is 2.17. The summed E-state index contributed by atoms with van der Waals surface area (Å²) in [6.07, 6.45) is 5.36. The molecule has 2 aromatic heterocycles. The fraction of sp³-hybridized carbons (Fsp3) is 0.538. The molecule has 3 heterocycles. The van der Waals surface area contributed by atoms with Gasteiger partial charge in [0.15, 0.2) is 5.65 Å². The first-order valence-electron chi connectivity index (χ1n) is 6.21. The number of hydrogen-bond donors (Lipinski definition) is 0. The second kappa shape index (κ2) is 4.45. The molecule has 2 aromatic rings. The van der Waals surface area contributed by atoms with Gasteiger partial charge in [-0.25, -0.2) is 0 Å². The normalized spacial score (nSPS) is 17.7. The molecule has 0 unspecified atom stereocenters. The van der Waals surface area contributed by atoms with E-state index in [1.54, 1.807) is 0 Å². The van der Waals surface area contributed by atoms with E-state index in [4.69, 9.17) is 4.74 Å². The molecule has 1 aliphatic rings. The Balaban J connectivity index is 1.84. The van der Waals surface area contributed by atoms with Crippen molar-refractivity contribution >= 4 is 5.65 Å². The molecule has 0 amide bonds. The summed E-state index contributed by atoms with van der Waals surface area (Å²) in [5, 5.41) is 8.53. The summed E-state index contributed by atoms with van der Waals surface area (Å²) in [4.78, 5) is 0. The molecule has 0 aliphatic carbocycles. The van der Waals surface area contributed by atoms with Crippen LogP contribution < -0.4 is 0 Å². The molecule has 0 N–H and O–H groups in total. The van der Waals surface area contributed by atoms with Gasteiger partial charge in [-0.2, -0.15) is 0 Å². The van der Waals surface area contributed by atoms with Crippen LogP contribution in [0.25, 0.3) is 5.65 Å². The number of hydrogen-bond acceptors (Lipinski definition) is 3. The molecule has 0 atom stereocenters. The predicted octanol–water partition coefficient (Wildman–Crippen LogP) is 2.01. The van der Waals surface area contributed by atoms with Crippen molar-refractivity contribution in [1.82, 2.24) is 14.6 Å². The minimum absolute atomic E-state index is 0.692. The van der Waals surface area contributed by atoms with Crippen molar-refractivity contribution < 1.29 is 4.74 Å². The van der Waals surface area contributed by atoms with Gasteiger partial charge in [0.2, 0.25) is 0 Å². The maximum absolute atomic E-state index is 5.38. The molecule has 0 spiro atoms. The monoisotopic (exact) mass is 231 g/mol. The first-order chi connectivity index (χ1) is 8.33. The lowest BCUT2D eigenvalue weighted by Crippen LogP contribution is -2.18. The highest BCUT2D eigenvalue weighted by molar-refractivity contribution is 5.40. The Morgan fingerprint density at radius 3 is 3.00 bits per heavy atom. The molecule has 4 nitrogen and oxygen atoms in total. The van der Waals surface area contributed by atoms with Gasteiger partial charge in [0, 0.05) is 25.8 Å². The van der Waals surface area contributed by atoms with E-state index < -0.39 is 0 Å². The molecule has 17 heavy (non-hydrogen) atoms. The van der Waals surface area contributed by atoms with Crippen LogP contribution in [0.3, 0.4) is 0 Å². The Morgan fingerprint density at radius 1 is 1.35 bits per heavy atom. The van der Waals surface area contributed by atoms with Crippen LogP contribution >= 0.6 is 0 Å². The lowest BCUT2D eigenvalue weighted by Gasteiger charge is -2.20. The molecule has 0 bridgehead atoms. The number of nitrogens with zero attached hydrogens (tertiary/aromatic N) is 3. The average molecular weight is 231 g/mol. The number of aromatic nitrogens is 3. The van der Waals surface area contributed by atoms with Gasteiger partial charge in [-0.15, -0.1) is 10.2 Å². The van der Waals surface area contributed by atoms with E-state index in [0.29, 0.717) is 5.92 Å². The largest absolute Gasteiger partial charge is 0.381 e. The molecule has 0 radical (unpaired) electrons. The summed E-state index contributed by atoms with van der Waals surface area (Å²) < 4.78 is 7.48. The van der Waals surface area contributed by atoms with Gasteiger partial charge < -0.3 is 4.74 Å². The van der Waals surface area contributed by atoms with Crippen LogP contribution in [0.2, 0.25) is 0 Å². The van der Waals surface area contributed by atoms with Crippen LogP contribution in [-0.4, -0.2) is 27.8 Å². The standard InChI is InChI=1S/C13H17N3O/c1-10-2-5-16-12(8-10)14-15-13(16)9-11-3-6-17-7-4-11/h2,5,8,11H,3-4,6-7,9H2,1H3.